The van der Waals surface area contributed by atoms with Gasteiger partial charge in [-0.1, -0.05) is 35.3 Å². The number of quaternary nitrogens is 1. The molecule has 1 amide bonds. The summed E-state index contributed by atoms with van der Waals surface area (Å²) in [5.74, 6) is -0.243. The van der Waals surface area contributed by atoms with Crippen molar-refractivity contribution in [1.29, 1.82) is 0 Å². The highest BCUT2D eigenvalue weighted by Crippen LogP contribution is 2.29. The first kappa shape index (κ1) is 20.6. The third-order valence-electron chi connectivity index (χ3n) is 4.03. The molecule has 2 aromatic carbocycles. The lowest BCUT2D eigenvalue weighted by molar-refractivity contribution is -0.907. The van der Waals surface area contributed by atoms with Gasteiger partial charge >= 0.3 is 6.18 Å². The van der Waals surface area contributed by atoms with Crippen LogP contribution < -0.4 is 10.2 Å². The summed E-state index contributed by atoms with van der Waals surface area (Å²) >= 11 is 11.8. The quantitative estimate of drug-likeness (QED) is 0.772. The number of benzene rings is 2. The van der Waals surface area contributed by atoms with E-state index in [1.54, 1.807) is 32.2 Å². The number of nitrogens with one attached hydrogen (secondary N) is 2. The molecule has 2 aromatic rings. The van der Waals surface area contributed by atoms with Crippen LogP contribution in [0, 0.1) is 0 Å². The Morgan fingerprint density at radius 1 is 1.12 bits per heavy atom. The highest BCUT2D eigenvalue weighted by Gasteiger charge is 2.30. The molecule has 0 saturated heterocycles. The summed E-state index contributed by atoms with van der Waals surface area (Å²) in [5, 5.41) is 3.56. The van der Waals surface area contributed by atoms with Gasteiger partial charge in [0.2, 0.25) is 0 Å². The highest BCUT2D eigenvalue weighted by molar-refractivity contribution is 6.35. The van der Waals surface area contributed by atoms with Gasteiger partial charge in [0.25, 0.3) is 5.91 Å². The lowest BCUT2D eigenvalue weighted by Crippen LogP contribution is -3.12. The molecule has 0 aliphatic rings. The Hall–Kier alpha value is -1.76. The molecule has 2 rings (SSSR count). The number of hydrogen-bond donors (Lipinski definition) is 2. The predicted octanol–water partition coefficient (Wildman–Crippen LogP) is 4.05. The summed E-state index contributed by atoms with van der Waals surface area (Å²) in [6.45, 7) is 2.14. The first-order chi connectivity index (χ1) is 12.1. The summed E-state index contributed by atoms with van der Waals surface area (Å²) in [5.41, 5.74) is 0.505. The monoisotopic (exact) mass is 405 g/mol. The predicted molar refractivity (Wildman–Crippen MR) is 96.6 cm³/mol. The Labute approximate surface area is 159 Å². The third-order valence-corrected chi connectivity index (χ3v) is 4.46. The Bertz CT molecular complexity index is 759. The fourth-order valence-corrected chi connectivity index (χ4v) is 2.91. The van der Waals surface area contributed by atoms with Gasteiger partial charge in [-0.25, -0.2) is 0 Å². The maximum atomic E-state index is 12.6. The molecule has 0 aromatic heterocycles. The lowest BCUT2D eigenvalue weighted by atomic mass is 10.1. The normalized spacial score (nSPS) is 14.0. The van der Waals surface area contributed by atoms with E-state index in [0.29, 0.717) is 27.8 Å². The third kappa shape index (κ3) is 5.62. The maximum Gasteiger partial charge on any atom is 0.416 e. The molecule has 0 saturated carbocycles. The molecular weight excluding hydrogens is 388 g/mol. The van der Waals surface area contributed by atoms with Crippen molar-refractivity contribution < 1.29 is 22.9 Å². The van der Waals surface area contributed by atoms with E-state index in [1.165, 1.54) is 12.1 Å². The van der Waals surface area contributed by atoms with E-state index >= 15 is 0 Å². The topological polar surface area (TPSA) is 33.5 Å². The van der Waals surface area contributed by atoms with Crippen molar-refractivity contribution >= 4 is 34.8 Å². The summed E-state index contributed by atoms with van der Waals surface area (Å²) < 4.78 is 37.8. The number of carbonyl (C=O) groups is 1. The van der Waals surface area contributed by atoms with Crippen LogP contribution in [-0.4, -0.2) is 19.0 Å². The van der Waals surface area contributed by atoms with Crippen LogP contribution in [0.15, 0.2) is 42.5 Å². The number of anilines is 1. The van der Waals surface area contributed by atoms with Gasteiger partial charge in [0.1, 0.15) is 6.54 Å². The second kappa shape index (κ2) is 8.29. The van der Waals surface area contributed by atoms with E-state index < -0.39 is 17.8 Å². The maximum absolute atomic E-state index is 12.6. The van der Waals surface area contributed by atoms with Gasteiger partial charge in [-0.3, -0.25) is 4.79 Å². The van der Waals surface area contributed by atoms with Crippen molar-refractivity contribution in [1.82, 2.24) is 0 Å². The summed E-state index contributed by atoms with van der Waals surface area (Å²) in [6.07, 6.45) is -4.36. The molecule has 1 unspecified atom stereocenters. The molecule has 3 nitrogen and oxygen atoms in total. The lowest BCUT2D eigenvalue weighted by Gasteiger charge is -2.21. The Kier molecular flexibility index (Phi) is 6.55. The second-order valence-electron chi connectivity index (χ2n) is 6.09. The van der Waals surface area contributed by atoms with E-state index in [2.05, 4.69) is 5.32 Å². The summed E-state index contributed by atoms with van der Waals surface area (Å²) in [4.78, 5) is 13.2. The molecule has 0 aliphatic heterocycles. The molecule has 0 heterocycles. The van der Waals surface area contributed by atoms with Gasteiger partial charge in [-0.05, 0) is 37.3 Å². The molecule has 0 radical (unpaired) electrons. The molecular formula is C18H18Cl2F3N2O+. The van der Waals surface area contributed by atoms with Crippen molar-refractivity contribution in [3.8, 4) is 0 Å². The minimum absolute atomic E-state index is 0.243. The van der Waals surface area contributed by atoms with Gasteiger partial charge in [0, 0.05) is 21.3 Å². The van der Waals surface area contributed by atoms with Crippen LogP contribution in [0.5, 0.6) is 0 Å². The van der Waals surface area contributed by atoms with Gasteiger partial charge < -0.3 is 10.2 Å². The first-order valence-electron chi connectivity index (χ1n) is 7.81. The molecule has 0 fully saturated rings. The highest BCUT2D eigenvalue weighted by atomic mass is 35.5. The SMILES string of the molecule is C[C@H](C(=O)Nc1cc(Cl)cc(Cl)c1)[NH+](C)Cc1ccc(C(F)(F)F)cc1. The zero-order chi connectivity index (χ0) is 19.5. The number of halogens is 5. The van der Waals surface area contributed by atoms with Gasteiger partial charge in [-0.2, -0.15) is 13.2 Å². The van der Waals surface area contributed by atoms with Gasteiger partial charge in [-0.15, -0.1) is 0 Å². The van der Waals surface area contributed by atoms with Crippen LogP contribution in [0.1, 0.15) is 18.1 Å². The minimum Gasteiger partial charge on any atom is -0.324 e. The molecule has 0 bridgehead atoms. The number of rotatable bonds is 5. The largest absolute Gasteiger partial charge is 0.416 e. The van der Waals surface area contributed by atoms with E-state index in [1.807, 2.05) is 0 Å². The van der Waals surface area contributed by atoms with Crippen LogP contribution in [-0.2, 0) is 17.5 Å². The zero-order valence-electron chi connectivity index (χ0n) is 14.1. The molecule has 0 spiro atoms. The van der Waals surface area contributed by atoms with Crippen LogP contribution >= 0.6 is 23.2 Å². The first-order valence-corrected chi connectivity index (χ1v) is 8.57. The van der Waals surface area contributed by atoms with Crippen LogP contribution in [0.4, 0.5) is 18.9 Å². The van der Waals surface area contributed by atoms with Crippen molar-refractivity contribution in [2.75, 3.05) is 12.4 Å². The molecule has 2 atom stereocenters. The number of alkyl halides is 3. The molecule has 0 aliphatic carbocycles. The van der Waals surface area contributed by atoms with E-state index in [4.69, 9.17) is 23.2 Å². The van der Waals surface area contributed by atoms with Crippen LogP contribution in [0.3, 0.4) is 0 Å². The van der Waals surface area contributed by atoms with E-state index in [-0.39, 0.29) is 5.91 Å². The van der Waals surface area contributed by atoms with Crippen molar-refractivity contribution in [3.63, 3.8) is 0 Å². The number of amides is 1. The summed E-state index contributed by atoms with van der Waals surface area (Å²) in [7, 11) is 1.80. The average Bonchev–Trinajstić information content (AvgIpc) is 2.52. The fourth-order valence-electron chi connectivity index (χ4n) is 2.39. The Balaban J connectivity index is 1.99. The van der Waals surface area contributed by atoms with Crippen LogP contribution in [0.25, 0.3) is 0 Å². The van der Waals surface area contributed by atoms with Gasteiger partial charge in [0.05, 0.1) is 12.6 Å². The number of hydrogen-bond acceptors (Lipinski definition) is 1. The molecule has 2 N–H and O–H groups in total. The standard InChI is InChI=1S/C18H17Cl2F3N2O/c1-11(17(26)24-16-8-14(19)7-15(20)9-16)25(2)10-12-3-5-13(6-4-12)18(21,22)23/h3-9,11H,10H2,1-2H3,(H,24,26)/p+1/t11-/m1/s1. The van der Waals surface area contributed by atoms with Crippen molar-refractivity contribution in [3.05, 3.63) is 63.6 Å². The number of likely N-dealkylation sites (N-methyl/N-ethyl adjacent to an activating group) is 1. The zero-order valence-corrected chi connectivity index (χ0v) is 15.6. The fraction of sp³-hybridized carbons (Fsp3) is 0.278. The van der Waals surface area contributed by atoms with Crippen LogP contribution in [0.2, 0.25) is 10.0 Å². The second-order valence-corrected chi connectivity index (χ2v) is 6.96. The molecule has 8 heteroatoms. The number of carbonyl (C=O) groups excluding carboxylic acids is 1. The van der Waals surface area contributed by atoms with E-state index in [0.717, 1.165) is 17.0 Å². The van der Waals surface area contributed by atoms with Crippen molar-refractivity contribution in [2.45, 2.75) is 25.7 Å². The smallest absolute Gasteiger partial charge is 0.324 e. The Morgan fingerprint density at radius 2 is 1.65 bits per heavy atom. The van der Waals surface area contributed by atoms with Crippen molar-refractivity contribution in [2.24, 2.45) is 0 Å². The van der Waals surface area contributed by atoms with Gasteiger partial charge in [0.15, 0.2) is 6.04 Å². The Morgan fingerprint density at radius 3 is 2.15 bits per heavy atom. The molecule has 26 heavy (non-hydrogen) atoms. The average molecular weight is 406 g/mol. The summed E-state index contributed by atoms with van der Waals surface area (Å²) in [6, 6.07) is 9.23. The molecule has 140 valence electrons. The van der Waals surface area contributed by atoms with E-state index in [9.17, 15) is 18.0 Å². The minimum atomic E-state index is -4.36.